The molecule has 0 bridgehead atoms. The van der Waals surface area contributed by atoms with Gasteiger partial charge in [0.2, 0.25) is 5.91 Å². The third-order valence-corrected chi connectivity index (χ3v) is 8.40. The Kier molecular flexibility index (Phi) is 8.22. The summed E-state index contributed by atoms with van der Waals surface area (Å²) in [4.78, 5) is 37.2. The van der Waals surface area contributed by atoms with Crippen LogP contribution in [0.2, 0.25) is 0 Å². The molecule has 8 heteroatoms. The molecule has 0 saturated carbocycles. The number of nitrogens with zero attached hydrogens (tertiary/aromatic N) is 2. The van der Waals surface area contributed by atoms with E-state index in [1.807, 2.05) is 6.07 Å². The van der Waals surface area contributed by atoms with Crippen LogP contribution in [0.15, 0.2) is 35.1 Å². The Hall–Kier alpha value is -2.16. The molecule has 1 atom stereocenters. The summed E-state index contributed by atoms with van der Waals surface area (Å²) in [5.41, 5.74) is 2.44. The highest BCUT2D eigenvalue weighted by molar-refractivity contribution is 7.99. The fourth-order valence-electron chi connectivity index (χ4n) is 4.59. The van der Waals surface area contributed by atoms with E-state index in [0.717, 1.165) is 49.0 Å². The first kappa shape index (κ1) is 24.0. The van der Waals surface area contributed by atoms with Crippen LogP contribution in [0.3, 0.4) is 0 Å². The maximum atomic E-state index is 12.6. The highest BCUT2D eigenvalue weighted by Crippen LogP contribution is 2.34. The maximum absolute atomic E-state index is 12.6. The summed E-state index contributed by atoms with van der Waals surface area (Å²) in [6.07, 6.45) is 4.07. The quantitative estimate of drug-likeness (QED) is 0.433. The molecule has 33 heavy (non-hydrogen) atoms. The third kappa shape index (κ3) is 5.86. The van der Waals surface area contributed by atoms with Gasteiger partial charge in [-0.15, -0.1) is 23.1 Å². The summed E-state index contributed by atoms with van der Waals surface area (Å²) in [6.45, 7) is 6.84. The van der Waals surface area contributed by atoms with Crippen molar-refractivity contribution >= 4 is 39.2 Å². The number of aromatic amines is 1. The van der Waals surface area contributed by atoms with E-state index in [9.17, 15) is 9.59 Å². The SMILES string of the molecule is CCN(CC)C(CNC(=O)CSCc1nc2sc3c(c2c(=O)[nH]1)CCC3)Cc1ccccc1. The molecule has 176 valence electrons. The lowest BCUT2D eigenvalue weighted by atomic mass is 10.0. The Morgan fingerprint density at radius 3 is 2.79 bits per heavy atom. The number of hydrogen-bond donors (Lipinski definition) is 2. The number of fused-ring (bicyclic) bond motifs is 3. The number of hydrogen-bond acceptors (Lipinski definition) is 6. The van der Waals surface area contributed by atoms with Gasteiger partial charge in [0.25, 0.3) is 5.56 Å². The number of benzene rings is 1. The van der Waals surface area contributed by atoms with Crippen LogP contribution in [0.1, 0.15) is 42.1 Å². The van der Waals surface area contributed by atoms with E-state index in [2.05, 4.69) is 58.3 Å². The molecule has 0 radical (unpaired) electrons. The molecule has 3 aromatic rings. The molecule has 1 aliphatic rings. The van der Waals surface area contributed by atoms with E-state index < -0.39 is 0 Å². The van der Waals surface area contributed by atoms with Crippen molar-refractivity contribution in [3.8, 4) is 0 Å². The van der Waals surface area contributed by atoms with Crippen LogP contribution >= 0.6 is 23.1 Å². The zero-order valence-corrected chi connectivity index (χ0v) is 21.0. The molecular weight excluding hydrogens is 452 g/mol. The molecular formula is C25H32N4O2S2. The Morgan fingerprint density at radius 2 is 2.03 bits per heavy atom. The second-order valence-corrected chi connectivity index (χ2v) is 10.5. The van der Waals surface area contributed by atoms with Crippen LogP contribution in [0.5, 0.6) is 0 Å². The lowest BCUT2D eigenvalue weighted by Crippen LogP contribution is -2.45. The lowest BCUT2D eigenvalue weighted by Gasteiger charge is -2.30. The molecule has 2 N–H and O–H groups in total. The van der Waals surface area contributed by atoms with Crippen molar-refractivity contribution < 1.29 is 4.79 Å². The summed E-state index contributed by atoms with van der Waals surface area (Å²) >= 11 is 3.13. The first-order valence-electron chi connectivity index (χ1n) is 11.7. The van der Waals surface area contributed by atoms with E-state index in [4.69, 9.17) is 0 Å². The third-order valence-electron chi connectivity index (χ3n) is 6.27. The number of thiophene rings is 1. The molecule has 1 aliphatic carbocycles. The van der Waals surface area contributed by atoms with Crippen LogP contribution in [0, 0.1) is 0 Å². The van der Waals surface area contributed by atoms with Crippen molar-refractivity contribution in [2.24, 2.45) is 0 Å². The van der Waals surface area contributed by atoms with Crippen molar-refractivity contribution in [1.82, 2.24) is 20.2 Å². The monoisotopic (exact) mass is 484 g/mol. The molecule has 6 nitrogen and oxygen atoms in total. The second-order valence-electron chi connectivity index (χ2n) is 8.41. The minimum absolute atomic E-state index is 0.0174. The summed E-state index contributed by atoms with van der Waals surface area (Å²) < 4.78 is 0. The van der Waals surface area contributed by atoms with Gasteiger partial charge >= 0.3 is 0 Å². The smallest absolute Gasteiger partial charge is 0.259 e. The molecule has 0 spiro atoms. The number of aryl methyl sites for hydroxylation is 2. The van der Waals surface area contributed by atoms with Crippen molar-refractivity contribution in [2.45, 2.75) is 51.3 Å². The minimum Gasteiger partial charge on any atom is -0.354 e. The van der Waals surface area contributed by atoms with Gasteiger partial charge in [0, 0.05) is 17.5 Å². The van der Waals surface area contributed by atoms with Crippen LogP contribution < -0.4 is 10.9 Å². The Labute approximate surface area is 203 Å². The standard InChI is InChI=1S/C25H32N4O2S2/c1-3-29(4-2)18(13-17-9-6-5-7-10-17)14-26-22(30)16-32-15-21-27-24(31)23-19-11-8-12-20(19)33-25(23)28-21/h5-7,9-10,18H,3-4,8,11-16H2,1-2H3,(H,26,30)(H,27,28,31). The number of rotatable bonds is 11. The number of amides is 1. The van der Waals surface area contributed by atoms with E-state index in [0.29, 0.717) is 23.9 Å². The van der Waals surface area contributed by atoms with Gasteiger partial charge in [-0.1, -0.05) is 44.2 Å². The molecule has 0 saturated heterocycles. The van der Waals surface area contributed by atoms with Gasteiger partial charge in [0.15, 0.2) is 0 Å². The minimum atomic E-state index is -0.0394. The topological polar surface area (TPSA) is 78.1 Å². The predicted octanol–water partition coefficient (Wildman–Crippen LogP) is 3.78. The fourth-order valence-corrected chi connectivity index (χ4v) is 6.60. The van der Waals surface area contributed by atoms with Gasteiger partial charge < -0.3 is 10.3 Å². The summed E-state index contributed by atoms with van der Waals surface area (Å²) in [5.74, 6) is 1.53. The molecule has 2 aromatic heterocycles. The average Bonchev–Trinajstić information content (AvgIpc) is 3.40. The van der Waals surface area contributed by atoms with Gasteiger partial charge in [-0.25, -0.2) is 4.98 Å². The molecule has 4 rings (SSSR count). The van der Waals surface area contributed by atoms with E-state index in [1.54, 1.807) is 11.3 Å². The molecule has 0 aliphatic heterocycles. The zero-order valence-electron chi connectivity index (χ0n) is 19.4. The van der Waals surface area contributed by atoms with Crippen LogP contribution in [0.4, 0.5) is 0 Å². The van der Waals surface area contributed by atoms with Crippen LogP contribution in [-0.2, 0) is 29.8 Å². The predicted molar refractivity (Wildman–Crippen MR) is 138 cm³/mol. The number of carbonyl (C=O) groups excluding carboxylic acids is 1. The van der Waals surface area contributed by atoms with E-state index >= 15 is 0 Å². The first-order valence-corrected chi connectivity index (χ1v) is 13.7. The Balaban J connectivity index is 1.30. The molecule has 0 fully saturated rings. The number of nitrogens with one attached hydrogen (secondary N) is 2. The molecule has 1 amide bonds. The van der Waals surface area contributed by atoms with Crippen LogP contribution in [0.25, 0.3) is 10.2 Å². The number of carbonyl (C=O) groups is 1. The average molecular weight is 485 g/mol. The van der Waals surface area contributed by atoms with Crippen molar-refractivity contribution in [3.05, 3.63) is 62.5 Å². The van der Waals surface area contributed by atoms with Crippen molar-refractivity contribution in [2.75, 3.05) is 25.4 Å². The number of likely N-dealkylation sites (N-methyl/N-ethyl adjacent to an activating group) is 1. The van der Waals surface area contributed by atoms with E-state index in [-0.39, 0.29) is 17.5 Å². The Bertz CT molecular complexity index is 1140. The van der Waals surface area contributed by atoms with Crippen molar-refractivity contribution in [1.29, 1.82) is 0 Å². The highest BCUT2D eigenvalue weighted by atomic mass is 32.2. The van der Waals surface area contributed by atoms with Gasteiger partial charge in [0.05, 0.1) is 16.9 Å². The van der Waals surface area contributed by atoms with Gasteiger partial charge in [-0.2, -0.15) is 0 Å². The number of thioether (sulfide) groups is 1. The van der Waals surface area contributed by atoms with Gasteiger partial charge in [-0.05, 0) is 49.9 Å². The molecule has 1 unspecified atom stereocenters. The van der Waals surface area contributed by atoms with Crippen LogP contribution in [-0.4, -0.2) is 52.2 Å². The van der Waals surface area contributed by atoms with Crippen molar-refractivity contribution in [3.63, 3.8) is 0 Å². The summed E-state index contributed by atoms with van der Waals surface area (Å²) in [7, 11) is 0. The zero-order chi connectivity index (χ0) is 23.2. The highest BCUT2D eigenvalue weighted by Gasteiger charge is 2.21. The normalized spacial score (nSPS) is 14.0. The number of aromatic nitrogens is 2. The maximum Gasteiger partial charge on any atom is 0.259 e. The lowest BCUT2D eigenvalue weighted by molar-refractivity contribution is -0.118. The van der Waals surface area contributed by atoms with Gasteiger partial charge in [-0.3, -0.25) is 14.5 Å². The molecule has 1 aromatic carbocycles. The fraction of sp³-hybridized carbons (Fsp3) is 0.480. The van der Waals surface area contributed by atoms with E-state index in [1.165, 1.54) is 27.8 Å². The largest absolute Gasteiger partial charge is 0.354 e. The summed E-state index contributed by atoms with van der Waals surface area (Å²) in [5, 5.41) is 3.89. The summed E-state index contributed by atoms with van der Waals surface area (Å²) in [6, 6.07) is 10.7. The first-order chi connectivity index (χ1) is 16.1. The Morgan fingerprint density at radius 1 is 1.24 bits per heavy atom. The molecule has 2 heterocycles. The number of H-pyrrole nitrogens is 1. The van der Waals surface area contributed by atoms with Gasteiger partial charge in [0.1, 0.15) is 10.7 Å². The second kappa shape index (κ2) is 11.3.